The van der Waals surface area contributed by atoms with Crippen LogP contribution in [0.1, 0.15) is 22.4 Å². The molecule has 0 bridgehead atoms. The van der Waals surface area contributed by atoms with Crippen LogP contribution in [0.3, 0.4) is 0 Å². The fourth-order valence-corrected chi connectivity index (χ4v) is 3.71. The molecule has 4 aromatic rings. The van der Waals surface area contributed by atoms with Crippen LogP contribution in [0, 0.1) is 6.92 Å². The van der Waals surface area contributed by atoms with Crippen LogP contribution in [-0.4, -0.2) is 20.2 Å². The first-order chi connectivity index (χ1) is 15.0. The summed E-state index contributed by atoms with van der Waals surface area (Å²) in [5.74, 6) is 0.935. The van der Waals surface area contributed by atoms with Gasteiger partial charge in [0.15, 0.2) is 11.6 Å². The molecule has 0 radical (unpaired) electrons. The average Bonchev–Trinajstić information content (AvgIpc) is 3.33. The highest BCUT2D eigenvalue weighted by Crippen LogP contribution is 2.36. The van der Waals surface area contributed by atoms with Crippen LogP contribution in [0.25, 0.3) is 10.2 Å². The summed E-state index contributed by atoms with van der Waals surface area (Å²) in [5.41, 5.74) is -1.60. The third kappa shape index (κ3) is 4.77. The molecular weight excluding hydrogens is 458 g/mol. The SMILES string of the molecule is Cc1cc(Nc2nc(NCc3cc(C(F)(F)F)cc(C(F)(F)F)c3)nc3ccsc23)n[nH]1. The molecular formula is C19H14F6N6S. The van der Waals surface area contributed by atoms with Crippen molar-refractivity contribution < 1.29 is 26.3 Å². The van der Waals surface area contributed by atoms with Crippen LogP contribution in [0.5, 0.6) is 0 Å². The van der Waals surface area contributed by atoms with Gasteiger partial charge in [0.2, 0.25) is 5.95 Å². The fourth-order valence-electron chi connectivity index (χ4n) is 2.93. The first-order valence-electron chi connectivity index (χ1n) is 9.05. The topological polar surface area (TPSA) is 78.5 Å². The quantitative estimate of drug-likeness (QED) is 0.305. The van der Waals surface area contributed by atoms with Gasteiger partial charge < -0.3 is 10.6 Å². The molecule has 0 spiro atoms. The lowest BCUT2D eigenvalue weighted by Crippen LogP contribution is -2.13. The van der Waals surface area contributed by atoms with E-state index in [9.17, 15) is 26.3 Å². The van der Waals surface area contributed by atoms with Crippen LogP contribution in [0.2, 0.25) is 0 Å². The summed E-state index contributed by atoms with van der Waals surface area (Å²) in [5, 5.41) is 14.4. The van der Waals surface area contributed by atoms with Crippen molar-refractivity contribution in [1.29, 1.82) is 0 Å². The molecule has 6 nitrogen and oxygen atoms in total. The molecule has 0 fully saturated rings. The van der Waals surface area contributed by atoms with Crippen molar-refractivity contribution in [3.05, 3.63) is 58.1 Å². The van der Waals surface area contributed by atoms with Gasteiger partial charge in [0, 0.05) is 18.3 Å². The zero-order chi connectivity index (χ0) is 23.1. The van der Waals surface area contributed by atoms with Gasteiger partial charge >= 0.3 is 12.4 Å². The van der Waals surface area contributed by atoms with E-state index in [0.717, 1.165) is 10.4 Å². The third-order valence-electron chi connectivity index (χ3n) is 4.35. The van der Waals surface area contributed by atoms with Gasteiger partial charge in [0.1, 0.15) is 0 Å². The highest BCUT2D eigenvalue weighted by molar-refractivity contribution is 7.17. The summed E-state index contributed by atoms with van der Waals surface area (Å²) in [4.78, 5) is 8.59. The highest BCUT2D eigenvalue weighted by Gasteiger charge is 2.36. The summed E-state index contributed by atoms with van der Waals surface area (Å²) < 4.78 is 79.1. The third-order valence-corrected chi connectivity index (χ3v) is 5.26. The molecule has 0 aliphatic heterocycles. The number of rotatable bonds is 5. The Morgan fingerprint density at radius 3 is 2.25 bits per heavy atom. The van der Waals surface area contributed by atoms with E-state index in [1.807, 2.05) is 6.92 Å². The highest BCUT2D eigenvalue weighted by atomic mass is 32.1. The van der Waals surface area contributed by atoms with Crippen LogP contribution in [0.15, 0.2) is 35.7 Å². The van der Waals surface area contributed by atoms with Crippen molar-refractivity contribution in [3.8, 4) is 0 Å². The van der Waals surface area contributed by atoms with Crippen molar-refractivity contribution in [2.75, 3.05) is 10.6 Å². The van der Waals surface area contributed by atoms with Crippen LogP contribution in [0.4, 0.5) is 43.9 Å². The number of aromatic amines is 1. The number of hydrogen-bond acceptors (Lipinski definition) is 6. The Balaban J connectivity index is 1.63. The zero-order valence-corrected chi connectivity index (χ0v) is 17.0. The van der Waals surface area contributed by atoms with Crippen LogP contribution in [-0.2, 0) is 18.9 Å². The molecule has 13 heteroatoms. The van der Waals surface area contributed by atoms with E-state index in [1.165, 1.54) is 11.3 Å². The molecule has 0 atom stereocenters. The van der Waals surface area contributed by atoms with Crippen molar-refractivity contribution in [2.45, 2.75) is 25.8 Å². The Labute approximate surface area is 180 Å². The van der Waals surface area contributed by atoms with Gasteiger partial charge in [-0.15, -0.1) is 11.3 Å². The van der Waals surface area contributed by atoms with Crippen molar-refractivity contribution in [2.24, 2.45) is 0 Å². The van der Waals surface area contributed by atoms with E-state index in [4.69, 9.17) is 0 Å². The second-order valence-corrected chi connectivity index (χ2v) is 7.78. The molecule has 3 heterocycles. The molecule has 0 saturated carbocycles. The maximum atomic E-state index is 13.1. The minimum absolute atomic E-state index is 0.0385. The lowest BCUT2D eigenvalue weighted by atomic mass is 10.0. The zero-order valence-electron chi connectivity index (χ0n) is 16.2. The molecule has 0 unspecified atom stereocenters. The molecule has 0 saturated heterocycles. The van der Waals surface area contributed by atoms with Gasteiger partial charge in [-0.05, 0) is 42.1 Å². The van der Waals surface area contributed by atoms with Crippen molar-refractivity contribution in [3.63, 3.8) is 0 Å². The number of benzene rings is 1. The number of aryl methyl sites for hydroxylation is 1. The lowest BCUT2D eigenvalue weighted by molar-refractivity contribution is -0.143. The minimum Gasteiger partial charge on any atom is -0.350 e. The first kappa shape index (κ1) is 21.9. The number of alkyl halides is 6. The Morgan fingerprint density at radius 2 is 1.66 bits per heavy atom. The Hall–Kier alpha value is -3.35. The number of fused-ring (bicyclic) bond motifs is 1. The molecule has 3 aromatic heterocycles. The number of halogens is 6. The summed E-state index contributed by atoms with van der Waals surface area (Å²) in [6, 6.07) is 4.88. The second-order valence-electron chi connectivity index (χ2n) is 6.86. The smallest absolute Gasteiger partial charge is 0.350 e. The maximum absolute atomic E-state index is 13.1. The normalized spacial score (nSPS) is 12.3. The van der Waals surface area contributed by atoms with Gasteiger partial charge in [0.05, 0.1) is 21.3 Å². The van der Waals surface area contributed by atoms with Gasteiger partial charge in [-0.2, -0.15) is 36.4 Å². The average molecular weight is 472 g/mol. The van der Waals surface area contributed by atoms with E-state index in [0.29, 0.717) is 29.3 Å². The summed E-state index contributed by atoms with van der Waals surface area (Å²) >= 11 is 1.37. The van der Waals surface area contributed by atoms with Gasteiger partial charge in [0.25, 0.3) is 0 Å². The van der Waals surface area contributed by atoms with E-state index in [1.54, 1.807) is 17.5 Å². The van der Waals surface area contributed by atoms with Gasteiger partial charge in [-0.1, -0.05) is 0 Å². The van der Waals surface area contributed by atoms with Crippen LogP contribution >= 0.6 is 11.3 Å². The van der Waals surface area contributed by atoms with Crippen molar-refractivity contribution >= 4 is 39.1 Å². The Morgan fingerprint density at radius 1 is 0.969 bits per heavy atom. The van der Waals surface area contributed by atoms with Gasteiger partial charge in [-0.25, -0.2) is 4.98 Å². The monoisotopic (exact) mass is 472 g/mol. The summed E-state index contributed by atoms with van der Waals surface area (Å²) in [7, 11) is 0. The molecule has 4 rings (SSSR count). The first-order valence-corrected chi connectivity index (χ1v) is 9.93. The second kappa shape index (κ2) is 7.97. The fraction of sp³-hybridized carbons (Fsp3) is 0.211. The number of thiophene rings is 1. The molecule has 1 aromatic carbocycles. The molecule has 168 valence electrons. The minimum atomic E-state index is -4.92. The molecule has 0 amide bonds. The molecule has 0 aliphatic rings. The molecule has 0 aliphatic carbocycles. The van der Waals surface area contributed by atoms with E-state index < -0.39 is 23.5 Å². The number of H-pyrrole nitrogens is 1. The largest absolute Gasteiger partial charge is 0.416 e. The number of aromatic nitrogens is 4. The summed E-state index contributed by atoms with van der Waals surface area (Å²) in [6.45, 7) is 1.47. The van der Waals surface area contributed by atoms with E-state index >= 15 is 0 Å². The molecule has 3 N–H and O–H groups in total. The van der Waals surface area contributed by atoms with E-state index in [-0.39, 0.29) is 24.1 Å². The number of nitrogens with one attached hydrogen (secondary N) is 3. The summed E-state index contributed by atoms with van der Waals surface area (Å²) in [6.07, 6.45) is -9.83. The lowest BCUT2D eigenvalue weighted by Gasteiger charge is -2.15. The maximum Gasteiger partial charge on any atom is 0.416 e. The molecule has 32 heavy (non-hydrogen) atoms. The van der Waals surface area contributed by atoms with Crippen molar-refractivity contribution in [1.82, 2.24) is 20.2 Å². The predicted molar refractivity (Wildman–Crippen MR) is 108 cm³/mol. The number of hydrogen-bond donors (Lipinski definition) is 3. The van der Waals surface area contributed by atoms with E-state index in [2.05, 4.69) is 30.8 Å². The number of nitrogens with zero attached hydrogens (tertiary/aromatic N) is 3. The predicted octanol–water partition coefficient (Wildman–Crippen LogP) is 6.12. The standard InChI is InChI=1S/C19H14F6N6S/c1-9-4-14(31-30-9)28-16-15-13(2-3-32-15)27-17(29-16)26-8-10-5-11(18(20,21)22)7-12(6-10)19(23,24)25/h2-7H,8H2,1H3,(H3,26,27,28,29,30,31). The number of anilines is 3. The Kier molecular flexibility index (Phi) is 5.44. The van der Waals surface area contributed by atoms with Gasteiger partial charge in [-0.3, -0.25) is 5.10 Å². The Bertz CT molecular complexity index is 1230. The van der Waals surface area contributed by atoms with Crippen LogP contribution < -0.4 is 10.6 Å².